The molecule has 0 saturated heterocycles. The Balaban J connectivity index is 2.86. The summed E-state index contributed by atoms with van der Waals surface area (Å²) in [6.07, 6.45) is 7.66. The van der Waals surface area contributed by atoms with Gasteiger partial charge in [-0.15, -0.1) is 0 Å². The zero-order valence-electron chi connectivity index (χ0n) is 14.6. The third-order valence-corrected chi connectivity index (χ3v) is 5.32. The Bertz CT molecular complexity index is 276. The fourth-order valence-electron chi connectivity index (χ4n) is 3.92. The highest BCUT2D eigenvalue weighted by atomic mass is 16.5. The molecule has 0 bridgehead atoms. The molecule has 126 valence electrons. The van der Waals surface area contributed by atoms with Crippen LogP contribution in [-0.2, 0) is 9.47 Å². The number of hydrogen-bond acceptors (Lipinski definition) is 4. The van der Waals surface area contributed by atoms with Gasteiger partial charge in [0.25, 0.3) is 0 Å². The van der Waals surface area contributed by atoms with Crippen LogP contribution in [0.25, 0.3) is 0 Å². The maximum atomic E-state index is 6.28. The summed E-state index contributed by atoms with van der Waals surface area (Å²) in [5, 5.41) is 0. The fraction of sp³-hybridized carbons (Fsp3) is 1.00. The Morgan fingerprint density at radius 2 is 2.00 bits per heavy atom. The zero-order chi connectivity index (χ0) is 15.7. The minimum absolute atomic E-state index is 0.125. The molecule has 1 aliphatic carbocycles. The van der Waals surface area contributed by atoms with Gasteiger partial charge >= 0.3 is 0 Å². The molecule has 3 unspecified atom stereocenters. The standard InChI is InChI=1S/C17H36N2O2/c1-5-16-7-6-9-17(14-18,10-8-16)19(11-12-20-3)15(2)13-21-4/h15-16H,5-14,18H2,1-4H3. The van der Waals surface area contributed by atoms with E-state index in [4.69, 9.17) is 15.2 Å². The van der Waals surface area contributed by atoms with E-state index in [0.717, 1.165) is 32.2 Å². The number of nitrogens with two attached hydrogens (primary N) is 1. The summed E-state index contributed by atoms with van der Waals surface area (Å²) in [5.41, 5.74) is 6.40. The van der Waals surface area contributed by atoms with Crippen LogP contribution in [0.3, 0.4) is 0 Å². The van der Waals surface area contributed by atoms with E-state index in [9.17, 15) is 0 Å². The van der Waals surface area contributed by atoms with Gasteiger partial charge in [-0.3, -0.25) is 4.90 Å². The molecular weight excluding hydrogens is 264 g/mol. The molecule has 2 N–H and O–H groups in total. The van der Waals surface area contributed by atoms with E-state index in [-0.39, 0.29) is 5.54 Å². The molecule has 1 rings (SSSR count). The summed E-state index contributed by atoms with van der Waals surface area (Å²) in [4.78, 5) is 2.57. The topological polar surface area (TPSA) is 47.7 Å². The van der Waals surface area contributed by atoms with E-state index in [1.165, 1.54) is 38.5 Å². The van der Waals surface area contributed by atoms with Crippen LogP contribution in [0.1, 0.15) is 52.4 Å². The third kappa shape index (κ3) is 5.20. The lowest BCUT2D eigenvalue weighted by Crippen LogP contribution is -2.58. The molecule has 0 radical (unpaired) electrons. The zero-order valence-corrected chi connectivity index (χ0v) is 14.6. The van der Waals surface area contributed by atoms with Crippen LogP contribution in [0.15, 0.2) is 0 Å². The van der Waals surface area contributed by atoms with Crippen LogP contribution in [0.4, 0.5) is 0 Å². The fourth-order valence-corrected chi connectivity index (χ4v) is 3.92. The number of ether oxygens (including phenoxy) is 2. The number of hydrogen-bond donors (Lipinski definition) is 1. The minimum atomic E-state index is 0.125. The van der Waals surface area contributed by atoms with Gasteiger partial charge in [-0.1, -0.05) is 26.2 Å². The molecule has 4 heteroatoms. The average Bonchev–Trinajstić information content (AvgIpc) is 2.71. The summed E-state index contributed by atoms with van der Waals surface area (Å²) in [5.74, 6) is 0.875. The molecule has 0 spiro atoms. The highest BCUT2D eigenvalue weighted by Crippen LogP contribution is 2.36. The number of methoxy groups -OCH3 is 2. The van der Waals surface area contributed by atoms with E-state index < -0.39 is 0 Å². The molecule has 21 heavy (non-hydrogen) atoms. The highest BCUT2D eigenvalue weighted by molar-refractivity contribution is 4.96. The van der Waals surface area contributed by atoms with Gasteiger partial charge in [0.1, 0.15) is 0 Å². The summed E-state index contributed by atoms with van der Waals surface area (Å²) >= 11 is 0. The van der Waals surface area contributed by atoms with Crippen molar-refractivity contribution in [2.45, 2.75) is 64.0 Å². The smallest absolute Gasteiger partial charge is 0.0615 e. The van der Waals surface area contributed by atoms with Gasteiger partial charge in [0, 0.05) is 38.9 Å². The minimum Gasteiger partial charge on any atom is -0.383 e. The van der Waals surface area contributed by atoms with Crippen molar-refractivity contribution >= 4 is 0 Å². The van der Waals surface area contributed by atoms with Crippen molar-refractivity contribution in [2.75, 3.05) is 40.5 Å². The quantitative estimate of drug-likeness (QED) is 0.665. The molecule has 0 aromatic heterocycles. The van der Waals surface area contributed by atoms with Gasteiger partial charge < -0.3 is 15.2 Å². The molecule has 3 atom stereocenters. The van der Waals surface area contributed by atoms with Crippen molar-refractivity contribution in [1.29, 1.82) is 0 Å². The molecule has 1 aliphatic rings. The van der Waals surface area contributed by atoms with E-state index in [1.807, 2.05) is 0 Å². The molecule has 0 amide bonds. The second-order valence-corrected chi connectivity index (χ2v) is 6.62. The van der Waals surface area contributed by atoms with Crippen LogP contribution < -0.4 is 5.73 Å². The summed E-state index contributed by atoms with van der Waals surface area (Å²) in [6.45, 7) is 7.75. The molecule has 0 aromatic carbocycles. The number of nitrogens with zero attached hydrogens (tertiary/aromatic N) is 1. The summed E-state index contributed by atoms with van der Waals surface area (Å²) < 4.78 is 10.7. The molecule has 1 saturated carbocycles. The Kier molecular flexibility index (Phi) is 8.79. The van der Waals surface area contributed by atoms with Gasteiger partial charge in [-0.05, 0) is 32.1 Å². The predicted octanol–water partition coefficient (Wildman–Crippen LogP) is 2.66. The maximum Gasteiger partial charge on any atom is 0.0615 e. The first kappa shape index (κ1) is 18.9. The van der Waals surface area contributed by atoms with Gasteiger partial charge in [0.15, 0.2) is 0 Å². The first-order valence-electron chi connectivity index (χ1n) is 8.58. The second kappa shape index (κ2) is 9.78. The van der Waals surface area contributed by atoms with Crippen LogP contribution in [-0.4, -0.2) is 57.0 Å². The average molecular weight is 300 g/mol. The molecule has 1 fully saturated rings. The Labute approximate surface area is 131 Å². The lowest BCUT2D eigenvalue weighted by Gasteiger charge is -2.46. The van der Waals surface area contributed by atoms with Crippen molar-refractivity contribution < 1.29 is 9.47 Å². The largest absolute Gasteiger partial charge is 0.383 e. The summed E-state index contributed by atoms with van der Waals surface area (Å²) in [7, 11) is 3.55. The monoisotopic (exact) mass is 300 g/mol. The first-order valence-corrected chi connectivity index (χ1v) is 8.58. The predicted molar refractivity (Wildman–Crippen MR) is 88.6 cm³/mol. The molecule has 4 nitrogen and oxygen atoms in total. The van der Waals surface area contributed by atoms with Crippen LogP contribution in [0.2, 0.25) is 0 Å². The van der Waals surface area contributed by atoms with E-state index in [1.54, 1.807) is 14.2 Å². The summed E-state index contributed by atoms with van der Waals surface area (Å²) in [6, 6.07) is 0.381. The third-order valence-electron chi connectivity index (χ3n) is 5.32. The molecule has 0 aliphatic heterocycles. The van der Waals surface area contributed by atoms with Gasteiger partial charge in [0.2, 0.25) is 0 Å². The normalized spacial score (nSPS) is 28.6. The van der Waals surface area contributed by atoms with Crippen molar-refractivity contribution in [2.24, 2.45) is 11.7 Å². The molecule has 0 heterocycles. The van der Waals surface area contributed by atoms with Crippen LogP contribution in [0, 0.1) is 5.92 Å². The van der Waals surface area contributed by atoms with Crippen LogP contribution >= 0.6 is 0 Å². The van der Waals surface area contributed by atoms with E-state index in [2.05, 4.69) is 18.7 Å². The Hall–Kier alpha value is -0.160. The molecule has 0 aromatic rings. The van der Waals surface area contributed by atoms with Crippen molar-refractivity contribution in [3.63, 3.8) is 0 Å². The highest BCUT2D eigenvalue weighted by Gasteiger charge is 2.39. The van der Waals surface area contributed by atoms with Crippen LogP contribution in [0.5, 0.6) is 0 Å². The lowest BCUT2D eigenvalue weighted by atomic mass is 9.86. The maximum absolute atomic E-state index is 6.28. The van der Waals surface area contributed by atoms with Gasteiger partial charge in [-0.2, -0.15) is 0 Å². The van der Waals surface area contributed by atoms with Crippen molar-refractivity contribution in [3.05, 3.63) is 0 Å². The van der Waals surface area contributed by atoms with E-state index in [0.29, 0.717) is 6.04 Å². The van der Waals surface area contributed by atoms with E-state index >= 15 is 0 Å². The Morgan fingerprint density at radius 1 is 1.24 bits per heavy atom. The van der Waals surface area contributed by atoms with Gasteiger partial charge in [0.05, 0.1) is 13.2 Å². The number of rotatable bonds is 9. The SMILES string of the molecule is CCC1CCCC(CN)(N(CCOC)C(C)COC)CC1. The Morgan fingerprint density at radius 3 is 2.57 bits per heavy atom. The van der Waals surface area contributed by atoms with Crippen molar-refractivity contribution in [3.8, 4) is 0 Å². The van der Waals surface area contributed by atoms with Crippen molar-refractivity contribution in [1.82, 2.24) is 4.90 Å². The first-order chi connectivity index (χ1) is 10.1. The molecular formula is C17H36N2O2. The van der Waals surface area contributed by atoms with Gasteiger partial charge in [-0.25, -0.2) is 0 Å². The lowest BCUT2D eigenvalue weighted by molar-refractivity contribution is -0.00894. The second-order valence-electron chi connectivity index (χ2n) is 6.62.